The van der Waals surface area contributed by atoms with Crippen LogP contribution in [0.3, 0.4) is 0 Å². The van der Waals surface area contributed by atoms with E-state index in [0.29, 0.717) is 7.55 Å². The number of nitrogens with two attached hydrogens (primary N) is 2. The number of amides is 4. The molecule has 2 aliphatic rings. The van der Waals surface area contributed by atoms with E-state index in [-0.39, 0.29) is 19.3 Å². The van der Waals surface area contributed by atoms with Crippen LogP contribution in [-0.4, -0.2) is 158 Å². The Hall–Kier alpha value is -4.49. The molecule has 2 aliphatic carbocycles. The minimum atomic E-state index is -1.93. The minimum absolute atomic E-state index is 0.00100. The predicted molar refractivity (Wildman–Crippen MR) is 169 cm³/mol. The lowest BCUT2D eigenvalue weighted by Crippen LogP contribution is -2.58. The smallest absolute Gasteiger partial charge is 0.396 e. The van der Waals surface area contributed by atoms with Crippen molar-refractivity contribution in [3.05, 3.63) is 0 Å². The molecule has 0 aromatic carbocycles. The molecule has 0 unspecified atom stereocenters. The van der Waals surface area contributed by atoms with E-state index in [9.17, 15) is 69.6 Å². The normalized spacial score (nSPS) is 27.6. The first-order valence-electron chi connectivity index (χ1n) is 15.6. The summed E-state index contributed by atoms with van der Waals surface area (Å²) in [7, 11) is 0.586. The summed E-state index contributed by atoms with van der Waals surface area (Å²) in [5, 5.41) is 88.4. The van der Waals surface area contributed by atoms with E-state index in [1.54, 1.807) is 0 Å². The Morgan fingerprint density at radius 1 is 0.765 bits per heavy atom. The molecule has 287 valence electrons. The predicted octanol–water partition coefficient (Wildman–Crippen LogP) is -6.38. The lowest BCUT2D eigenvalue weighted by atomic mass is 9.85. The Kier molecular flexibility index (Phi) is 16.1. The summed E-state index contributed by atoms with van der Waals surface area (Å²) in [5.41, 5.74) is 11.0. The fourth-order valence-electron chi connectivity index (χ4n) is 6.52. The lowest BCUT2D eigenvalue weighted by Gasteiger charge is -2.36. The van der Waals surface area contributed by atoms with Crippen molar-refractivity contribution < 1.29 is 79.1 Å². The molecule has 13 atom stereocenters. The zero-order chi connectivity index (χ0) is 38.7. The molecule has 2 rings (SSSR count). The Morgan fingerprint density at radius 2 is 1.24 bits per heavy atom. The number of rotatable bonds is 17. The summed E-state index contributed by atoms with van der Waals surface area (Å²) in [6, 6.07) is -4.13. The van der Waals surface area contributed by atoms with Crippen molar-refractivity contribution in [2.75, 3.05) is 13.2 Å². The van der Waals surface area contributed by atoms with Crippen LogP contribution in [0.2, 0.25) is 0 Å². The zero-order valence-corrected chi connectivity index (χ0v) is 27.6. The van der Waals surface area contributed by atoms with Gasteiger partial charge in [-0.15, -0.1) is 0 Å². The summed E-state index contributed by atoms with van der Waals surface area (Å²) >= 11 is 0. The first-order valence-corrected chi connectivity index (χ1v) is 15.6. The molecule has 0 saturated heterocycles. The fraction of sp³-hybridized carbons (Fsp3) is 0.741. The van der Waals surface area contributed by atoms with Crippen LogP contribution in [0.4, 0.5) is 9.59 Å². The van der Waals surface area contributed by atoms with Gasteiger partial charge in [0.15, 0.2) is 5.96 Å². The number of aliphatic imine (C=N–C) groups is 1. The van der Waals surface area contributed by atoms with Crippen LogP contribution in [0.5, 0.6) is 0 Å². The molecule has 23 nitrogen and oxygen atoms in total. The van der Waals surface area contributed by atoms with Crippen LogP contribution >= 0.6 is 0 Å². The number of aliphatic carboxylic acids is 2. The van der Waals surface area contributed by atoms with Crippen molar-refractivity contribution in [1.29, 1.82) is 0 Å². The van der Waals surface area contributed by atoms with Crippen molar-refractivity contribution in [3.8, 4) is 0 Å². The summed E-state index contributed by atoms with van der Waals surface area (Å²) in [5.74, 6) is -10.2. The lowest BCUT2D eigenvalue weighted by molar-refractivity contribution is -0.147. The molecule has 16 N–H and O–H groups in total. The maximum absolute atomic E-state index is 12.9. The summed E-state index contributed by atoms with van der Waals surface area (Å²) in [6.07, 6.45) is -13.7. The zero-order valence-electron chi connectivity index (χ0n) is 27.6. The van der Waals surface area contributed by atoms with Gasteiger partial charge in [0, 0.05) is 25.7 Å². The first-order chi connectivity index (χ1) is 23.8. The Bertz CT molecular complexity index is 1290. The Morgan fingerprint density at radius 3 is 1.69 bits per heavy atom. The van der Waals surface area contributed by atoms with Crippen molar-refractivity contribution in [1.82, 2.24) is 21.1 Å². The number of aliphatic hydroxyl groups excluding tert-OH is 6. The molecule has 0 spiro atoms. The van der Waals surface area contributed by atoms with Gasteiger partial charge >= 0.3 is 31.7 Å². The molecule has 0 bridgehead atoms. The number of carbonyl (C=O) groups excluding carboxylic acids is 4. The molecule has 2 saturated carbocycles. The van der Waals surface area contributed by atoms with Crippen LogP contribution in [-0.2, 0) is 28.7 Å². The number of guanidine groups is 1. The van der Waals surface area contributed by atoms with Gasteiger partial charge in [-0.2, -0.15) is 0 Å². The van der Waals surface area contributed by atoms with Crippen LogP contribution in [0.1, 0.15) is 33.1 Å². The van der Waals surface area contributed by atoms with E-state index in [0.717, 1.165) is 13.8 Å². The van der Waals surface area contributed by atoms with Gasteiger partial charge in [-0.05, 0) is 19.3 Å². The van der Waals surface area contributed by atoms with Crippen molar-refractivity contribution >= 4 is 49.4 Å². The van der Waals surface area contributed by atoms with Crippen molar-refractivity contribution in [2.45, 2.75) is 87.9 Å². The minimum Gasteiger partial charge on any atom is -0.481 e. The van der Waals surface area contributed by atoms with Crippen molar-refractivity contribution in [2.24, 2.45) is 40.1 Å². The second kappa shape index (κ2) is 19.2. The summed E-state index contributed by atoms with van der Waals surface area (Å²) < 4.78 is 10.6. The van der Waals surface area contributed by atoms with E-state index in [2.05, 4.69) is 15.6 Å². The second-order valence-corrected chi connectivity index (χ2v) is 12.2. The van der Waals surface area contributed by atoms with E-state index in [1.807, 2.05) is 10.5 Å². The van der Waals surface area contributed by atoms with E-state index in [4.69, 9.17) is 20.9 Å². The van der Waals surface area contributed by atoms with Gasteiger partial charge in [-0.3, -0.25) is 19.2 Å². The largest absolute Gasteiger partial charge is 0.481 e. The van der Waals surface area contributed by atoms with E-state index < -0.39 is 134 Å². The van der Waals surface area contributed by atoms with Gasteiger partial charge in [0.2, 0.25) is 11.8 Å². The van der Waals surface area contributed by atoms with E-state index in [1.165, 1.54) is 0 Å². The number of ether oxygens (including phenoxy) is 2. The van der Waals surface area contributed by atoms with Gasteiger partial charge in [0.1, 0.15) is 36.6 Å². The number of carboxylic acid groups (broad SMARTS) is 2. The molecular formula is C27H45BN7O16. The molecule has 1 radical (unpaired) electrons. The fourth-order valence-corrected chi connectivity index (χ4v) is 6.52. The topological polar surface area (TPSA) is 395 Å². The monoisotopic (exact) mass is 734 g/mol. The average Bonchev–Trinajstić information content (AvgIpc) is 3.61. The Labute approximate surface area is 291 Å². The first kappa shape index (κ1) is 42.7. The number of aliphatic hydroxyl groups is 6. The number of hydrogen-bond acceptors (Lipinski definition) is 15. The second-order valence-electron chi connectivity index (χ2n) is 12.2. The maximum Gasteiger partial charge on any atom is 0.396 e. The third-order valence-electron chi connectivity index (χ3n) is 8.68. The number of nitrogens with zero attached hydrogens (tertiary/aromatic N) is 1. The molecule has 24 heteroatoms. The van der Waals surface area contributed by atoms with Gasteiger partial charge in [-0.1, -0.05) is 0 Å². The molecule has 0 aliphatic heterocycles. The van der Waals surface area contributed by atoms with Gasteiger partial charge in [0.25, 0.3) is 0 Å². The number of nitrogens with one attached hydrogen (secondary N) is 4. The highest BCUT2D eigenvalue weighted by atomic mass is 16.6. The number of carbonyl (C=O) groups is 6. The molecule has 0 heterocycles. The van der Waals surface area contributed by atoms with Crippen LogP contribution in [0, 0.1) is 23.7 Å². The SMILES string of the molecule is CC(=O)N[C@H]([C@@H](O)[C@@H](O)CO)[C@H]1CC[C@H](C(=O)O)[C@H]1OC(=O)N[B]NC(=O)O[C@H]1[C@@H]([C@H](NC(C)=O)[C@@H](O)[C@@H](O)CO)[C@H](N=C(N)N)C[C@@H]1C(=O)O. The highest BCUT2D eigenvalue weighted by Crippen LogP contribution is 2.40. The third kappa shape index (κ3) is 11.5. The van der Waals surface area contributed by atoms with Gasteiger partial charge in [0.05, 0.1) is 43.2 Å². The highest BCUT2D eigenvalue weighted by molar-refractivity contribution is 6.37. The van der Waals surface area contributed by atoms with Crippen molar-refractivity contribution in [3.63, 3.8) is 0 Å². The van der Waals surface area contributed by atoms with Crippen LogP contribution < -0.4 is 32.6 Å². The molecule has 2 fully saturated rings. The van der Waals surface area contributed by atoms with Crippen LogP contribution in [0.25, 0.3) is 0 Å². The van der Waals surface area contributed by atoms with Crippen LogP contribution in [0.15, 0.2) is 4.99 Å². The molecular weight excluding hydrogens is 689 g/mol. The summed E-state index contributed by atoms with van der Waals surface area (Å²) in [4.78, 5) is 77.6. The Balaban J connectivity index is 2.24. The quantitative estimate of drug-likeness (QED) is 0.0375. The molecule has 0 aromatic rings. The standard InChI is InChI=1S/C27H45BN7O16/c1-8(38)31-17(19(42)14(40)6-36)10-3-4-11(23(44)45)21(10)50-26(48)34-28-35-27(49)51-22-12(24(46)47)5-13(33-25(29)30)16(22)18(32-9(2)39)20(43)15(41)7-37/h10-22,36-37,40-43H,3-7H2,1-2H3,(H,31,38)(H,32,39)(H,34,48)(H,35,49)(H,44,45)(H,46,47)(H4,29,30,33)/t10-,11+,12+,13-,14+,15+,16-,17+,18+,19+,20+,21+,22-/m1/s1. The number of hydrogen-bond donors (Lipinski definition) is 14. The highest BCUT2D eigenvalue weighted by Gasteiger charge is 2.55. The average molecular weight is 735 g/mol. The molecule has 0 aromatic heterocycles. The maximum atomic E-state index is 12.9. The number of carboxylic acids is 2. The van der Waals surface area contributed by atoms with Gasteiger partial charge in [-0.25, -0.2) is 14.6 Å². The summed E-state index contributed by atoms with van der Waals surface area (Å²) in [6.45, 7) is 0.248. The van der Waals surface area contributed by atoms with E-state index >= 15 is 0 Å². The van der Waals surface area contributed by atoms with Gasteiger partial charge < -0.3 is 82.9 Å². The molecule has 4 amide bonds. The molecule has 51 heavy (non-hydrogen) atoms. The third-order valence-corrected chi connectivity index (χ3v) is 8.68.